The second-order valence-corrected chi connectivity index (χ2v) is 5.67. The summed E-state index contributed by atoms with van der Waals surface area (Å²) in [7, 11) is 0. The fraction of sp³-hybridized carbons (Fsp3) is 0.412. The van der Waals surface area contributed by atoms with Crippen LogP contribution in [-0.4, -0.2) is 29.8 Å². The van der Waals surface area contributed by atoms with Crippen molar-refractivity contribution < 1.29 is 14.4 Å². The molecule has 0 radical (unpaired) electrons. The Hall–Kier alpha value is -2.88. The summed E-state index contributed by atoms with van der Waals surface area (Å²) in [5.74, 6) is -2.02. The van der Waals surface area contributed by atoms with Crippen LogP contribution in [0.2, 0.25) is 0 Å². The summed E-state index contributed by atoms with van der Waals surface area (Å²) in [5, 5.41) is 14.0. The molecule has 0 unspecified atom stereocenters. The van der Waals surface area contributed by atoms with Gasteiger partial charge >= 0.3 is 0 Å². The lowest BCUT2D eigenvalue weighted by atomic mass is 10.0. The Morgan fingerprint density at radius 2 is 1.79 bits per heavy atom. The summed E-state index contributed by atoms with van der Waals surface area (Å²) < 4.78 is 0. The van der Waals surface area contributed by atoms with Crippen LogP contribution in [0.5, 0.6) is 0 Å². The molecule has 0 saturated heterocycles. The molecule has 0 aromatic heterocycles. The largest absolute Gasteiger partial charge is 0.368 e. The highest BCUT2D eigenvalue weighted by Crippen LogP contribution is 2.07. The van der Waals surface area contributed by atoms with E-state index in [1.807, 2.05) is 36.4 Å². The Labute approximate surface area is 141 Å². The Balaban J connectivity index is 2.84. The van der Waals surface area contributed by atoms with Gasteiger partial charge in [0.05, 0.1) is 6.07 Å². The van der Waals surface area contributed by atoms with Gasteiger partial charge in [0.2, 0.25) is 17.7 Å². The van der Waals surface area contributed by atoms with Crippen LogP contribution in [0.25, 0.3) is 0 Å². The normalized spacial score (nSPS) is 13.9. The molecule has 0 saturated carbocycles. The average Bonchev–Trinajstić information content (AvgIpc) is 2.53. The van der Waals surface area contributed by atoms with Crippen molar-refractivity contribution in [3.05, 3.63) is 35.9 Å². The summed E-state index contributed by atoms with van der Waals surface area (Å²) in [5.41, 5.74) is 6.16. The third-order valence-corrected chi connectivity index (χ3v) is 3.45. The highest BCUT2D eigenvalue weighted by atomic mass is 16.2. The monoisotopic (exact) mass is 330 g/mol. The van der Waals surface area contributed by atoms with Crippen LogP contribution in [0.1, 0.15) is 25.8 Å². The van der Waals surface area contributed by atoms with Crippen molar-refractivity contribution in [2.45, 2.75) is 38.8 Å². The van der Waals surface area contributed by atoms with Crippen molar-refractivity contribution in [2.24, 2.45) is 11.7 Å². The van der Waals surface area contributed by atoms with Crippen molar-refractivity contribution in [1.29, 1.82) is 5.26 Å². The SMILES string of the molecule is CC(=O)N[C@@H](Cc1ccccc1)C(=O)N[C@@H](C[C@@H](C)C#N)C(N)=O. The minimum absolute atomic E-state index is 0.121. The Bertz CT molecular complexity index is 624. The van der Waals surface area contributed by atoms with Gasteiger partial charge in [0.25, 0.3) is 0 Å². The molecule has 0 heterocycles. The van der Waals surface area contributed by atoms with E-state index in [0.29, 0.717) is 0 Å². The Kier molecular flexibility index (Phi) is 7.43. The topological polar surface area (TPSA) is 125 Å². The molecule has 0 spiro atoms. The molecule has 1 rings (SSSR count). The highest BCUT2D eigenvalue weighted by Gasteiger charge is 2.26. The lowest BCUT2D eigenvalue weighted by Gasteiger charge is -2.22. The third-order valence-electron chi connectivity index (χ3n) is 3.45. The molecule has 24 heavy (non-hydrogen) atoms. The van der Waals surface area contributed by atoms with E-state index in [1.54, 1.807) is 6.92 Å². The van der Waals surface area contributed by atoms with Crippen LogP contribution in [-0.2, 0) is 20.8 Å². The lowest BCUT2D eigenvalue weighted by Crippen LogP contribution is -2.53. The van der Waals surface area contributed by atoms with Crippen molar-refractivity contribution in [3.8, 4) is 6.07 Å². The van der Waals surface area contributed by atoms with E-state index < -0.39 is 29.8 Å². The first-order valence-electron chi connectivity index (χ1n) is 7.63. The molecule has 0 aliphatic carbocycles. The number of nitriles is 1. The van der Waals surface area contributed by atoms with Gasteiger partial charge in [0, 0.05) is 19.3 Å². The molecule has 3 atom stereocenters. The second kappa shape index (κ2) is 9.30. The number of carbonyl (C=O) groups is 3. The molecule has 0 bridgehead atoms. The predicted molar refractivity (Wildman–Crippen MR) is 88.3 cm³/mol. The van der Waals surface area contributed by atoms with Crippen LogP contribution in [0.4, 0.5) is 0 Å². The molecule has 0 fully saturated rings. The minimum atomic E-state index is -0.959. The van der Waals surface area contributed by atoms with Crippen molar-refractivity contribution in [1.82, 2.24) is 10.6 Å². The third kappa shape index (κ3) is 6.48. The predicted octanol–water partition coefficient (Wildman–Crippen LogP) is 0.254. The van der Waals surface area contributed by atoms with Gasteiger partial charge in [-0.15, -0.1) is 0 Å². The van der Waals surface area contributed by atoms with Gasteiger partial charge < -0.3 is 16.4 Å². The van der Waals surface area contributed by atoms with Crippen LogP contribution in [0, 0.1) is 17.2 Å². The molecule has 7 nitrogen and oxygen atoms in total. The second-order valence-electron chi connectivity index (χ2n) is 5.67. The number of benzene rings is 1. The van der Waals surface area contributed by atoms with Crippen LogP contribution >= 0.6 is 0 Å². The van der Waals surface area contributed by atoms with E-state index >= 15 is 0 Å². The highest BCUT2D eigenvalue weighted by molar-refractivity contribution is 5.91. The Morgan fingerprint density at radius 1 is 1.17 bits per heavy atom. The van der Waals surface area contributed by atoms with Gasteiger partial charge in [0.1, 0.15) is 12.1 Å². The molecule has 1 aromatic carbocycles. The molecular weight excluding hydrogens is 308 g/mol. The number of nitrogens with one attached hydrogen (secondary N) is 2. The number of amides is 3. The summed E-state index contributed by atoms with van der Waals surface area (Å²) in [6, 6.07) is 9.40. The first kappa shape index (κ1) is 19.2. The number of carbonyl (C=O) groups excluding carboxylic acids is 3. The van der Waals surface area contributed by atoms with Gasteiger partial charge in [-0.3, -0.25) is 14.4 Å². The lowest BCUT2D eigenvalue weighted by molar-refractivity contribution is -0.131. The van der Waals surface area contributed by atoms with Crippen molar-refractivity contribution in [2.75, 3.05) is 0 Å². The van der Waals surface area contributed by atoms with Gasteiger partial charge in [-0.25, -0.2) is 0 Å². The maximum Gasteiger partial charge on any atom is 0.243 e. The summed E-state index contributed by atoms with van der Waals surface area (Å²) in [6.45, 7) is 2.95. The van der Waals surface area contributed by atoms with Crippen molar-refractivity contribution in [3.63, 3.8) is 0 Å². The standard InChI is InChI=1S/C17H22N4O3/c1-11(10-18)8-14(16(19)23)21-17(24)15(20-12(2)22)9-13-6-4-3-5-7-13/h3-7,11,14-15H,8-9H2,1-2H3,(H2,19,23)(H,20,22)(H,21,24)/t11-,14+,15+/m1/s1. The molecule has 0 aliphatic rings. The maximum absolute atomic E-state index is 12.5. The number of primary amides is 1. The van der Waals surface area contributed by atoms with E-state index in [4.69, 9.17) is 11.0 Å². The summed E-state index contributed by atoms with van der Waals surface area (Å²) >= 11 is 0. The smallest absolute Gasteiger partial charge is 0.243 e. The van der Waals surface area contributed by atoms with E-state index in [1.165, 1.54) is 6.92 Å². The molecule has 3 amide bonds. The van der Waals surface area contributed by atoms with Gasteiger partial charge in [0.15, 0.2) is 0 Å². The molecular formula is C17H22N4O3. The van der Waals surface area contributed by atoms with E-state index in [2.05, 4.69) is 10.6 Å². The van der Waals surface area contributed by atoms with Crippen molar-refractivity contribution >= 4 is 17.7 Å². The first-order chi connectivity index (χ1) is 11.3. The maximum atomic E-state index is 12.5. The van der Waals surface area contributed by atoms with Gasteiger partial charge in [-0.05, 0) is 18.9 Å². The number of nitrogens with two attached hydrogens (primary N) is 1. The zero-order chi connectivity index (χ0) is 18.1. The molecule has 7 heteroatoms. The summed E-state index contributed by atoms with van der Waals surface area (Å²) in [4.78, 5) is 35.3. The zero-order valence-corrected chi connectivity index (χ0v) is 13.8. The van der Waals surface area contributed by atoms with E-state index in [0.717, 1.165) is 5.56 Å². The number of rotatable bonds is 8. The number of hydrogen-bond acceptors (Lipinski definition) is 4. The van der Waals surface area contributed by atoms with Gasteiger partial charge in [-0.2, -0.15) is 5.26 Å². The Morgan fingerprint density at radius 3 is 2.29 bits per heavy atom. The fourth-order valence-electron chi connectivity index (χ4n) is 2.23. The zero-order valence-electron chi connectivity index (χ0n) is 13.8. The minimum Gasteiger partial charge on any atom is -0.368 e. The van der Waals surface area contributed by atoms with Crippen LogP contribution in [0.15, 0.2) is 30.3 Å². The fourth-order valence-corrected chi connectivity index (χ4v) is 2.23. The molecule has 4 N–H and O–H groups in total. The van der Waals surface area contributed by atoms with Gasteiger partial charge in [-0.1, -0.05) is 30.3 Å². The summed E-state index contributed by atoms with van der Waals surface area (Å²) in [6.07, 6.45) is 0.404. The van der Waals surface area contributed by atoms with E-state index in [9.17, 15) is 14.4 Å². The van der Waals surface area contributed by atoms with E-state index in [-0.39, 0.29) is 18.7 Å². The van der Waals surface area contributed by atoms with Crippen LogP contribution < -0.4 is 16.4 Å². The quantitative estimate of drug-likeness (QED) is 0.632. The number of nitrogens with zero attached hydrogens (tertiary/aromatic N) is 1. The molecule has 0 aliphatic heterocycles. The number of hydrogen-bond donors (Lipinski definition) is 3. The first-order valence-corrected chi connectivity index (χ1v) is 7.63. The molecule has 128 valence electrons. The molecule has 1 aromatic rings. The van der Waals surface area contributed by atoms with Crippen LogP contribution in [0.3, 0.4) is 0 Å². The average molecular weight is 330 g/mol.